The number of allylic oxidation sites excluding steroid dienone is 1. The van der Waals surface area contributed by atoms with Crippen LogP contribution < -0.4 is 0 Å². The molecule has 0 unspecified atom stereocenters. The van der Waals surface area contributed by atoms with Gasteiger partial charge in [0.05, 0.1) is 13.2 Å². The zero-order valence-corrected chi connectivity index (χ0v) is 20.4. The van der Waals surface area contributed by atoms with Crippen LogP contribution in [-0.2, 0) is 19.1 Å². The van der Waals surface area contributed by atoms with Gasteiger partial charge in [-0.15, -0.1) is 0 Å². The van der Waals surface area contributed by atoms with E-state index in [-0.39, 0.29) is 0 Å². The highest BCUT2D eigenvalue weighted by atomic mass is 16.5. The largest absolute Gasteiger partial charge is 0.463 e. The van der Waals surface area contributed by atoms with E-state index in [4.69, 9.17) is 9.47 Å². The fraction of sp³-hybridized carbons (Fsp3) is 0.778. The van der Waals surface area contributed by atoms with Crippen molar-refractivity contribution in [2.75, 3.05) is 13.2 Å². The molecule has 0 aromatic carbocycles. The minimum absolute atomic E-state index is 0.327. The van der Waals surface area contributed by atoms with E-state index < -0.39 is 11.9 Å². The van der Waals surface area contributed by atoms with Gasteiger partial charge >= 0.3 is 11.9 Å². The van der Waals surface area contributed by atoms with Crippen LogP contribution in [0.25, 0.3) is 0 Å². The standard InChI is InChI=1S/C27H48O4/c1-3-5-7-9-10-11-12-13-14-15-16-17-18-19-21-25-31-27(29)23-22-26(28)30-24-20-8-6-4-2/h6,8,22-23H,3-5,7,9-21,24-25H2,1-2H3/b8-6-,23-22+. The van der Waals surface area contributed by atoms with Crippen molar-refractivity contribution in [1.82, 2.24) is 0 Å². The van der Waals surface area contributed by atoms with Crippen molar-refractivity contribution < 1.29 is 19.1 Å². The van der Waals surface area contributed by atoms with Gasteiger partial charge in [-0.2, -0.15) is 0 Å². The number of unbranched alkanes of at least 4 members (excludes halogenated alkanes) is 14. The van der Waals surface area contributed by atoms with Crippen molar-refractivity contribution in [3.8, 4) is 0 Å². The third-order valence-corrected chi connectivity index (χ3v) is 5.28. The van der Waals surface area contributed by atoms with Gasteiger partial charge in [-0.3, -0.25) is 0 Å². The number of hydrogen-bond acceptors (Lipinski definition) is 4. The zero-order valence-electron chi connectivity index (χ0n) is 20.4. The van der Waals surface area contributed by atoms with Gasteiger partial charge < -0.3 is 9.47 Å². The lowest BCUT2D eigenvalue weighted by Gasteiger charge is -2.04. The Bertz CT molecular complexity index is 468. The molecule has 0 atom stereocenters. The molecule has 0 aliphatic carbocycles. The van der Waals surface area contributed by atoms with Crippen molar-refractivity contribution in [3.05, 3.63) is 24.3 Å². The first-order valence-electron chi connectivity index (χ1n) is 12.9. The van der Waals surface area contributed by atoms with E-state index in [0.717, 1.165) is 31.4 Å². The van der Waals surface area contributed by atoms with Gasteiger partial charge in [0.15, 0.2) is 0 Å². The zero-order chi connectivity index (χ0) is 22.8. The lowest BCUT2D eigenvalue weighted by atomic mass is 10.0. The predicted molar refractivity (Wildman–Crippen MR) is 130 cm³/mol. The molecule has 4 nitrogen and oxygen atoms in total. The van der Waals surface area contributed by atoms with Crippen LogP contribution in [0.2, 0.25) is 0 Å². The average Bonchev–Trinajstić information content (AvgIpc) is 2.77. The van der Waals surface area contributed by atoms with Crippen LogP contribution >= 0.6 is 0 Å². The van der Waals surface area contributed by atoms with E-state index in [1.807, 2.05) is 12.2 Å². The Hall–Kier alpha value is -1.58. The highest BCUT2D eigenvalue weighted by Gasteiger charge is 2.01. The molecule has 31 heavy (non-hydrogen) atoms. The molecule has 0 aliphatic rings. The smallest absolute Gasteiger partial charge is 0.331 e. The van der Waals surface area contributed by atoms with Crippen LogP contribution in [0.15, 0.2) is 24.3 Å². The molecule has 0 aromatic rings. The lowest BCUT2D eigenvalue weighted by molar-refractivity contribution is -0.140. The molecule has 0 N–H and O–H groups in total. The maximum Gasteiger partial charge on any atom is 0.331 e. The topological polar surface area (TPSA) is 52.6 Å². The number of ether oxygens (including phenoxy) is 2. The van der Waals surface area contributed by atoms with Crippen LogP contribution in [0, 0.1) is 0 Å². The number of carbonyl (C=O) groups excluding carboxylic acids is 2. The summed E-state index contributed by atoms with van der Waals surface area (Å²) in [7, 11) is 0. The Balaban J connectivity index is 3.34. The second-order valence-corrected chi connectivity index (χ2v) is 8.29. The van der Waals surface area contributed by atoms with Gasteiger partial charge in [-0.05, 0) is 19.3 Å². The minimum Gasteiger partial charge on any atom is -0.463 e. The molecular formula is C27H48O4. The van der Waals surface area contributed by atoms with E-state index in [9.17, 15) is 9.59 Å². The maximum atomic E-state index is 11.6. The lowest BCUT2D eigenvalue weighted by Crippen LogP contribution is -2.06. The minimum atomic E-state index is -0.506. The Morgan fingerprint density at radius 3 is 1.42 bits per heavy atom. The van der Waals surface area contributed by atoms with E-state index in [0.29, 0.717) is 19.6 Å². The van der Waals surface area contributed by atoms with Crippen LogP contribution in [0.1, 0.15) is 123 Å². The summed E-state index contributed by atoms with van der Waals surface area (Å²) in [6.45, 7) is 5.06. The summed E-state index contributed by atoms with van der Waals surface area (Å²) in [4.78, 5) is 23.0. The molecule has 0 radical (unpaired) electrons. The number of carbonyl (C=O) groups is 2. The third-order valence-electron chi connectivity index (χ3n) is 5.28. The van der Waals surface area contributed by atoms with Crippen molar-refractivity contribution in [1.29, 1.82) is 0 Å². The summed E-state index contributed by atoms with van der Waals surface area (Å²) in [5.41, 5.74) is 0. The average molecular weight is 437 g/mol. The van der Waals surface area contributed by atoms with Gasteiger partial charge in [0, 0.05) is 12.2 Å². The van der Waals surface area contributed by atoms with Gasteiger partial charge in [-0.1, -0.05) is 116 Å². The summed E-state index contributed by atoms with van der Waals surface area (Å²) in [6.07, 6.45) is 27.6. The molecule has 0 rings (SSSR count). The molecule has 0 saturated heterocycles. The molecule has 180 valence electrons. The number of esters is 2. The van der Waals surface area contributed by atoms with E-state index in [1.165, 1.54) is 83.5 Å². The monoisotopic (exact) mass is 436 g/mol. The molecule has 0 aromatic heterocycles. The molecule has 4 heteroatoms. The molecule has 0 amide bonds. The Labute approximate surface area is 191 Å². The second kappa shape index (κ2) is 24.7. The van der Waals surface area contributed by atoms with Crippen molar-refractivity contribution in [2.24, 2.45) is 0 Å². The molecule has 0 spiro atoms. The Kier molecular flexibility index (Phi) is 23.4. The van der Waals surface area contributed by atoms with Gasteiger partial charge in [0.1, 0.15) is 0 Å². The number of hydrogen-bond donors (Lipinski definition) is 0. The van der Waals surface area contributed by atoms with Crippen LogP contribution in [0.4, 0.5) is 0 Å². The van der Waals surface area contributed by atoms with E-state index in [1.54, 1.807) is 0 Å². The molecular weight excluding hydrogens is 388 g/mol. The first-order chi connectivity index (χ1) is 15.2. The highest BCUT2D eigenvalue weighted by Crippen LogP contribution is 2.13. The van der Waals surface area contributed by atoms with Crippen LogP contribution in [0.3, 0.4) is 0 Å². The fourth-order valence-corrected chi connectivity index (χ4v) is 3.39. The predicted octanol–water partition coefficient (Wildman–Crippen LogP) is 7.86. The van der Waals surface area contributed by atoms with Gasteiger partial charge in [0.2, 0.25) is 0 Å². The summed E-state index contributed by atoms with van der Waals surface area (Å²) < 4.78 is 10.1. The summed E-state index contributed by atoms with van der Waals surface area (Å²) in [5, 5.41) is 0. The van der Waals surface area contributed by atoms with Crippen molar-refractivity contribution in [2.45, 2.75) is 123 Å². The number of rotatable bonds is 22. The maximum absolute atomic E-state index is 11.6. The van der Waals surface area contributed by atoms with Crippen LogP contribution in [-0.4, -0.2) is 25.2 Å². The van der Waals surface area contributed by atoms with Gasteiger partial charge in [0.25, 0.3) is 0 Å². The quantitative estimate of drug-likeness (QED) is 0.0750. The Morgan fingerprint density at radius 1 is 0.548 bits per heavy atom. The first-order valence-corrected chi connectivity index (χ1v) is 12.9. The van der Waals surface area contributed by atoms with E-state index in [2.05, 4.69) is 13.8 Å². The van der Waals surface area contributed by atoms with Crippen molar-refractivity contribution >= 4 is 11.9 Å². The molecule has 0 saturated carbocycles. The third kappa shape index (κ3) is 24.6. The Morgan fingerprint density at radius 2 is 0.968 bits per heavy atom. The second-order valence-electron chi connectivity index (χ2n) is 8.29. The first kappa shape index (κ1) is 29.4. The summed E-state index contributed by atoms with van der Waals surface area (Å²) >= 11 is 0. The summed E-state index contributed by atoms with van der Waals surface area (Å²) in [6, 6.07) is 0. The molecule has 0 heterocycles. The van der Waals surface area contributed by atoms with E-state index >= 15 is 0 Å². The molecule has 0 bridgehead atoms. The molecule has 0 fully saturated rings. The van der Waals surface area contributed by atoms with Crippen molar-refractivity contribution in [3.63, 3.8) is 0 Å². The van der Waals surface area contributed by atoms with Crippen LogP contribution in [0.5, 0.6) is 0 Å². The summed E-state index contributed by atoms with van der Waals surface area (Å²) in [5.74, 6) is -0.984. The van der Waals surface area contributed by atoms with Gasteiger partial charge in [-0.25, -0.2) is 9.59 Å². The SMILES string of the molecule is CC/C=C\CCOC(=O)/C=C/C(=O)OCCCCCCCCCCCCCCCCC. The molecule has 0 aliphatic heterocycles. The normalized spacial score (nSPS) is 11.4. The highest BCUT2D eigenvalue weighted by molar-refractivity contribution is 5.91. The fourth-order valence-electron chi connectivity index (χ4n) is 3.39.